The molecule has 0 unspecified atom stereocenters. The topological polar surface area (TPSA) is 0 Å². The van der Waals surface area contributed by atoms with E-state index in [0.717, 1.165) is 12.8 Å². The van der Waals surface area contributed by atoms with Crippen LogP contribution in [0, 0.1) is 13.8 Å². The Morgan fingerprint density at radius 1 is 0.588 bits per heavy atom. The maximum absolute atomic E-state index is 2.23. The van der Waals surface area contributed by atoms with Crippen LogP contribution < -0.4 is 0 Å². The summed E-state index contributed by atoms with van der Waals surface area (Å²) >= 11 is 0. The molecule has 2 rings (SSSR count). The van der Waals surface area contributed by atoms with Crippen LogP contribution in [-0.4, -0.2) is 17.4 Å². The first-order valence-electron chi connectivity index (χ1n) is 5.85. The molecule has 0 aliphatic heterocycles. The van der Waals surface area contributed by atoms with E-state index in [-0.39, 0.29) is 17.4 Å². The summed E-state index contributed by atoms with van der Waals surface area (Å²) in [5.41, 5.74) is 5.51. The van der Waals surface area contributed by atoms with Gasteiger partial charge in [0.25, 0.3) is 0 Å². The number of rotatable bonds is 3. The maximum atomic E-state index is 2.23. The summed E-state index contributed by atoms with van der Waals surface area (Å²) in [6.07, 6.45) is 2.26. The summed E-state index contributed by atoms with van der Waals surface area (Å²) in [7, 11) is 0. The second kappa shape index (κ2) is 6.65. The largest absolute Gasteiger partial charge is 0.187 e. The monoisotopic (exact) mass is 240 g/mol. The predicted octanol–water partition coefficient (Wildman–Crippen LogP) is 2.90. The average Bonchev–Trinajstić information content (AvgIpc) is 2.30. The van der Waals surface area contributed by atoms with Crippen molar-refractivity contribution in [3.8, 4) is 0 Å². The van der Waals surface area contributed by atoms with Crippen molar-refractivity contribution in [3.05, 3.63) is 70.8 Å². The van der Waals surface area contributed by atoms with Gasteiger partial charge in [-0.2, -0.15) is 0 Å². The Kier molecular flexibility index (Phi) is 5.49. The molecule has 88 valence electrons. The van der Waals surface area contributed by atoms with Crippen LogP contribution in [0.4, 0.5) is 0 Å². The molecule has 1 heteroatoms. The van der Waals surface area contributed by atoms with Gasteiger partial charge in [-0.05, 0) is 37.8 Å². The zero-order valence-corrected chi connectivity index (χ0v) is 10.0. The van der Waals surface area contributed by atoms with E-state index in [0.29, 0.717) is 0 Å². The number of hydrogen-bond donors (Lipinski definition) is 0. The summed E-state index contributed by atoms with van der Waals surface area (Å²) < 4.78 is 0. The third-order valence-corrected chi connectivity index (χ3v) is 2.94. The fourth-order valence-corrected chi connectivity index (χ4v) is 1.80. The van der Waals surface area contributed by atoms with Crippen molar-refractivity contribution in [1.82, 2.24) is 0 Å². The van der Waals surface area contributed by atoms with Gasteiger partial charge in [0.05, 0.1) is 0 Å². The van der Waals surface area contributed by atoms with Crippen molar-refractivity contribution in [2.24, 2.45) is 0 Å². The van der Waals surface area contributed by atoms with Crippen LogP contribution in [0.25, 0.3) is 0 Å². The molecule has 0 atom stereocenters. The molecule has 0 heterocycles. The molecule has 0 aliphatic carbocycles. The first kappa shape index (κ1) is 14.0. The Hall–Kier alpha value is -1.03. The van der Waals surface area contributed by atoms with Gasteiger partial charge in [-0.3, -0.25) is 0 Å². The number of aryl methyl sites for hydroxylation is 4. The van der Waals surface area contributed by atoms with Crippen molar-refractivity contribution < 1.29 is 0 Å². The Morgan fingerprint density at radius 2 is 0.882 bits per heavy atom. The van der Waals surface area contributed by atoms with Crippen LogP contribution in [-0.2, 0) is 12.8 Å². The van der Waals surface area contributed by atoms with Crippen LogP contribution in [0.3, 0.4) is 0 Å². The van der Waals surface area contributed by atoms with Crippen LogP contribution in [0.1, 0.15) is 22.3 Å². The molecular formula is C16H21Al. The van der Waals surface area contributed by atoms with E-state index >= 15 is 0 Å². The average molecular weight is 240 g/mol. The smallest absolute Gasteiger partial charge is 0.0591 e. The lowest BCUT2D eigenvalue weighted by molar-refractivity contribution is 0.958. The van der Waals surface area contributed by atoms with E-state index in [4.69, 9.17) is 0 Å². The molecule has 0 bridgehead atoms. The van der Waals surface area contributed by atoms with Gasteiger partial charge in [0.15, 0.2) is 17.4 Å². The van der Waals surface area contributed by atoms with E-state index < -0.39 is 0 Å². The fourth-order valence-electron chi connectivity index (χ4n) is 1.80. The zero-order valence-electron chi connectivity index (χ0n) is 10.0. The maximum Gasteiger partial charge on any atom is 0.187 e. The third-order valence-electron chi connectivity index (χ3n) is 2.94. The minimum absolute atomic E-state index is 0. The minimum atomic E-state index is 0. The second-order valence-corrected chi connectivity index (χ2v) is 4.47. The van der Waals surface area contributed by atoms with Crippen molar-refractivity contribution in [1.29, 1.82) is 0 Å². The molecule has 0 aliphatic rings. The molecule has 2 aromatic carbocycles. The summed E-state index contributed by atoms with van der Waals surface area (Å²) in [6.45, 7) is 4.26. The second-order valence-electron chi connectivity index (χ2n) is 4.47. The lowest BCUT2D eigenvalue weighted by Crippen LogP contribution is -1.91. The lowest BCUT2D eigenvalue weighted by Gasteiger charge is -2.03. The summed E-state index contributed by atoms with van der Waals surface area (Å²) in [4.78, 5) is 0. The predicted molar refractivity (Wildman–Crippen MR) is 79.7 cm³/mol. The fraction of sp³-hybridized carbons (Fsp3) is 0.250. The molecule has 0 aromatic heterocycles. The molecule has 0 fully saturated rings. The highest BCUT2D eigenvalue weighted by Gasteiger charge is 1.95. The zero-order chi connectivity index (χ0) is 11.4. The van der Waals surface area contributed by atoms with Crippen molar-refractivity contribution >= 4 is 17.4 Å². The van der Waals surface area contributed by atoms with Crippen molar-refractivity contribution in [3.63, 3.8) is 0 Å². The molecule has 2 aromatic rings. The van der Waals surface area contributed by atoms with E-state index in [1.807, 2.05) is 0 Å². The SMILES string of the molecule is Cc1ccc(CCc2ccc(C)cc2)cc1.[AlH3]. The van der Waals surface area contributed by atoms with Crippen LogP contribution >= 0.6 is 0 Å². The Bertz CT molecular complexity index is 394. The molecule has 0 radical (unpaired) electrons. The van der Waals surface area contributed by atoms with Gasteiger partial charge in [-0.25, -0.2) is 0 Å². The van der Waals surface area contributed by atoms with Crippen LogP contribution in [0.5, 0.6) is 0 Å². The first-order chi connectivity index (χ1) is 7.74. The summed E-state index contributed by atoms with van der Waals surface area (Å²) in [6, 6.07) is 17.6. The van der Waals surface area contributed by atoms with Crippen LogP contribution in [0.15, 0.2) is 48.5 Å². The van der Waals surface area contributed by atoms with E-state index in [9.17, 15) is 0 Å². The highest BCUT2D eigenvalue weighted by Crippen LogP contribution is 2.09. The van der Waals surface area contributed by atoms with Crippen LogP contribution in [0.2, 0.25) is 0 Å². The van der Waals surface area contributed by atoms with Gasteiger partial charge in [0, 0.05) is 0 Å². The molecule has 0 N–H and O–H groups in total. The Balaban J connectivity index is 0.00000144. The molecule has 0 amide bonds. The molecule has 0 spiro atoms. The summed E-state index contributed by atoms with van der Waals surface area (Å²) in [5.74, 6) is 0. The molecular weight excluding hydrogens is 219 g/mol. The van der Waals surface area contributed by atoms with E-state index in [1.54, 1.807) is 0 Å². The van der Waals surface area contributed by atoms with Gasteiger partial charge in [-0.15, -0.1) is 0 Å². The van der Waals surface area contributed by atoms with Gasteiger partial charge >= 0.3 is 0 Å². The molecule has 0 nitrogen and oxygen atoms in total. The highest BCUT2D eigenvalue weighted by atomic mass is 27.0. The number of benzene rings is 2. The van der Waals surface area contributed by atoms with E-state index in [2.05, 4.69) is 62.4 Å². The van der Waals surface area contributed by atoms with Crippen molar-refractivity contribution in [2.75, 3.05) is 0 Å². The highest BCUT2D eigenvalue weighted by molar-refractivity contribution is 5.75. The van der Waals surface area contributed by atoms with Gasteiger partial charge in [-0.1, -0.05) is 59.7 Å². The number of hydrogen-bond acceptors (Lipinski definition) is 0. The molecule has 17 heavy (non-hydrogen) atoms. The van der Waals surface area contributed by atoms with Gasteiger partial charge in [0.1, 0.15) is 0 Å². The first-order valence-corrected chi connectivity index (χ1v) is 5.85. The quantitative estimate of drug-likeness (QED) is 0.724. The standard InChI is InChI=1S/C16H18.Al.3H/c1-13-3-7-15(8-4-13)11-12-16-9-5-14(2)6-10-16;;;;/h3-10H,11-12H2,1-2H3;;;;. The minimum Gasteiger partial charge on any atom is -0.0591 e. The molecule has 0 saturated carbocycles. The van der Waals surface area contributed by atoms with Gasteiger partial charge in [0.2, 0.25) is 0 Å². The Morgan fingerprint density at radius 3 is 1.18 bits per heavy atom. The van der Waals surface area contributed by atoms with Crippen molar-refractivity contribution in [2.45, 2.75) is 26.7 Å². The third kappa shape index (κ3) is 4.38. The van der Waals surface area contributed by atoms with Gasteiger partial charge < -0.3 is 0 Å². The van der Waals surface area contributed by atoms with E-state index in [1.165, 1.54) is 22.3 Å². The normalized spacial score (nSPS) is 9.76. The summed E-state index contributed by atoms with van der Waals surface area (Å²) in [5, 5.41) is 0. The lowest BCUT2D eigenvalue weighted by atomic mass is 10.0. The Labute approximate surface area is 115 Å². The molecule has 0 saturated heterocycles.